The summed E-state index contributed by atoms with van der Waals surface area (Å²) in [7, 11) is 1.93. The van der Waals surface area contributed by atoms with Gasteiger partial charge in [0.1, 0.15) is 5.82 Å². The Hall–Kier alpha value is -0.290. The molecule has 1 aromatic rings. The second kappa shape index (κ2) is 3.92. The average Bonchev–Trinajstić information content (AvgIpc) is 2.31. The van der Waals surface area contributed by atoms with E-state index in [1.165, 1.54) is 0 Å². The lowest BCUT2D eigenvalue weighted by Crippen LogP contribution is -1.99. The number of hydrogen-bond acceptors (Lipinski definition) is 3. The van der Waals surface area contributed by atoms with Crippen LogP contribution in [0.4, 0.5) is 0 Å². The van der Waals surface area contributed by atoms with Gasteiger partial charge >= 0.3 is 0 Å². The van der Waals surface area contributed by atoms with Crippen LogP contribution >= 0.6 is 24.0 Å². The number of nitrogens with zero attached hydrogens (tertiary/aromatic N) is 2. The van der Waals surface area contributed by atoms with Gasteiger partial charge in [0, 0.05) is 19.2 Å². The van der Waals surface area contributed by atoms with E-state index in [2.05, 4.69) is 16.5 Å². The Kier molecular flexibility index (Phi) is 3.14. The van der Waals surface area contributed by atoms with Gasteiger partial charge in [-0.1, -0.05) is 0 Å². The molecular weight excluding hydrogens is 178 g/mol. The fraction of sp³-hybridized carbons (Fsp3) is 0.667. The summed E-state index contributed by atoms with van der Waals surface area (Å²) >= 11 is 6.78. The lowest BCUT2D eigenvalue weighted by atomic mass is 10.4. The first-order valence-electron chi connectivity index (χ1n) is 3.35. The minimum Gasteiger partial charge on any atom is -0.307 e. The fourth-order valence-electron chi connectivity index (χ4n) is 0.797. The summed E-state index contributed by atoms with van der Waals surface area (Å²) in [5.74, 6) is 2.12. The van der Waals surface area contributed by atoms with Crippen LogP contribution in [0.2, 0.25) is 0 Å². The topological polar surface area (TPSA) is 33.6 Å². The zero-order valence-corrected chi connectivity index (χ0v) is 8.26. The number of aryl methyl sites for hydroxylation is 1. The number of rotatable bonds is 3. The van der Waals surface area contributed by atoms with Gasteiger partial charge in [-0.25, -0.2) is 0 Å². The predicted molar refractivity (Wildman–Crippen MR) is 50.5 cm³/mol. The van der Waals surface area contributed by atoms with E-state index in [0.717, 1.165) is 18.0 Å². The van der Waals surface area contributed by atoms with Gasteiger partial charge in [0.2, 0.25) is 0 Å². The minimum absolute atomic E-state index is 0.695. The van der Waals surface area contributed by atoms with Crippen molar-refractivity contribution in [3.8, 4) is 0 Å². The maximum Gasteiger partial charge on any atom is 0.194 e. The van der Waals surface area contributed by atoms with Crippen LogP contribution < -0.4 is 0 Å². The van der Waals surface area contributed by atoms with E-state index in [-0.39, 0.29) is 0 Å². The molecule has 0 aliphatic rings. The highest BCUT2D eigenvalue weighted by Crippen LogP contribution is 2.00. The van der Waals surface area contributed by atoms with Crippen molar-refractivity contribution in [3.63, 3.8) is 0 Å². The minimum atomic E-state index is 0.695. The SMILES string of the molecule is CSCCc1n[nH]c(=S)n1C. The highest BCUT2D eigenvalue weighted by atomic mass is 32.2. The van der Waals surface area contributed by atoms with E-state index in [1.54, 1.807) is 0 Å². The van der Waals surface area contributed by atoms with Gasteiger partial charge in [0.05, 0.1) is 0 Å². The molecule has 0 fully saturated rings. The number of aromatic amines is 1. The second-order valence-electron chi connectivity index (χ2n) is 2.25. The van der Waals surface area contributed by atoms with Crippen LogP contribution in [0.1, 0.15) is 5.82 Å². The second-order valence-corrected chi connectivity index (χ2v) is 3.62. The van der Waals surface area contributed by atoms with Crippen LogP contribution in [0.25, 0.3) is 0 Å². The summed E-state index contributed by atoms with van der Waals surface area (Å²) in [6.45, 7) is 0. The molecule has 0 bridgehead atoms. The molecule has 1 N–H and O–H groups in total. The zero-order chi connectivity index (χ0) is 8.27. The van der Waals surface area contributed by atoms with Crippen LogP contribution in [-0.4, -0.2) is 26.8 Å². The first-order chi connectivity index (χ1) is 5.25. The molecule has 0 unspecified atom stereocenters. The Bertz CT molecular complexity index is 276. The van der Waals surface area contributed by atoms with E-state index in [1.807, 2.05) is 23.4 Å². The maximum atomic E-state index is 4.96. The summed E-state index contributed by atoms with van der Waals surface area (Å²) in [5, 5.41) is 6.84. The summed E-state index contributed by atoms with van der Waals surface area (Å²) in [5.41, 5.74) is 0. The smallest absolute Gasteiger partial charge is 0.194 e. The highest BCUT2D eigenvalue weighted by Gasteiger charge is 1.99. The van der Waals surface area contributed by atoms with Gasteiger partial charge in [-0.05, 0) is 18.5 Å². The van der Waals surface area contributed by atoms with Crippen molar-refractivity contribution in [3.05, 3.63) is 10.6 Å². The Morgan fingerprint density at radius 1 is 1.73 bits per heavy atom. The molecule has 0 spiro atoms. The molecule has 0 aliphatic carbocycles. The van der Waals surface area contributed by atoms with Crippen LogP contribution in [0.3, 0.4) is 0 Å². The molecule has 0 aliphatic heterocycles. The van der Waals surface area contributed by atoms with Crippen molar-refractivity contribution in [2.24, 2.45) is 7.05 Å². The third kappa shape index (κ3) is 2.07. The third-order valence-electron chi connectivity index (χ3n) is 1.50. The van der Waals surface area contributed by atoms with Crippen LogP contribution in [0.15, 0.2) is 0 Å². The van der Waals surface area contributed by atoms with Gasteiger partial charge in [-0.2, -0.15) is 16.9 Å². The number of H-pyrrole nitrogens is 1. The van der Waals surface area contributed by atoms with Crippen molar-refractivity contribution in [2.45, 2.75) is 6.42 Å². The summed E-state index contributed by atoms with van der Waals surface area (Å²) in [6.07, 6.45) is 3.06. The maximum absolute atomic E-state index is 4.96. The van der Waals surface area contributed by atoms with E-state index in [4.69, 9.17) is 12.2 Å². The zero-order valence-electron chi connectivity index (χ0n) is 6.63. The molecule has 1 heterocycles. The van der Waals surface area contributed by atoms with Crippen molar-refractivity contribution < 1.29 is 0 Å². The molecule has 1 rings (SSSR count). The van der Waals surface area contributed by atoms with Gasteiger partial charge in [0.15, 0.2) is 4.77 Å². The molecule has 62 valence electrons. The molecule has 0 amide bonds. The molecule has 0 atom stereocenters. The number of aromatic nitrogens is 3. The summed E-state index contributed by atoms with van der Waals surface area (Å²) < 4.78 is 2.60. The Balaban J connectivity index is 2.71. The standard InChI is InChI=1S/C6H11N3S2/c1-9-5(3-4-11-2)7-8-6(9)10/h3-4H2,1-2H3,(H,8,10). The number of hydrogen-bond donors (Lipinski definition) is 1. The summed E-state index contributed by atoms with van der Waals surface area (Å²) in [4.78, 5) is 0. The molecule has 3 nitrogen and oxygen atoms in total. The quantitative estimate of drug-likeness (QED) is 0.729. The van der Waals surface area contributed by atoms with Crippen molar-refractivity contribution in [1.29, 1.82) is 0 Å². The van der Waals surface area contributed by atoms with E-state index in [0.29, 0.717) is 4.77 Å². The third-order valence-corrected chi connectivity index (χ3v) is 2.48. The lowest BCUT2D eigenvalue weighted by Gasteiger charge is -1.96. The van der Waals surface area contributed by atoms with Crippen LogP contribution in [0.5, 0.6) is 0 Å². The lowest BCUT2D eigenvalue weighted by molar-refractivity contribution is 0.803. The molecular formula is C6H11N3S2. The van der Waals surface area contributed by atoms with Gasteiger partial charge in [-0.3, -0.25) is 5.10 Å². The molecule has 0 saturated carbocycles. The molecule has 0 saturated heterocycles. The molecule has 5 heteroatoms. The first kappa shape index (κ1) is 8.80. The summed E-state index contributed by atoms with van der Waals surface area (Å²) in [6, 6.07) is 0. The van der Waals surface area contributed by atoms with Gasteiger partial charge < -0.3 is 4.57 Å². The largest absolute Gasteiger partial charge is 0.307 e. The molecule has 0 radical (unpaired) electrons. The van der Waals surface area contributed by atoms with E-state index >= 15 is 0 Å². The Morgan fingerprint density at radius 3 is 2.91 bits per heavy atom. The van der Waals surface area contributed by atoms with Gasteiger partial charge in [-0.15, -0.1) is 0 Å². The fourth-order valence-corrected chi connectivity index (χ4v) is 1.33. The Morgan fingerprint density at radius 2 is 2.45 bits per heavy atom. The monoisotopic (exact) mass is 189 g/mol. The molecule has 0 aromatic carbocycles. The first-order valence-corrected chi connectivity index (χ1v) is 5.15. The molecule has 11 heavy (non-hydrogen) atoms. The number of nitrogens with one attached hydrogen (secondary N) is 1. The van der Waals surface area contributed by atoms with Crippen molar-refractivity contribution in [2.75, 3.05) is 12.0 Å². The van der Waals surface area contributed by atoms with E-state index in [9.17, 15) is 0 Å². The average molecular weight is 189 g/mol. The predicted octanol–water partition coefficient (Wildman–Crippen LogP) is 1.38. The molecule has 1 aromatic heterocycles. The van der Waals surface area contributed by atoms with Crippen LogP contribution in [-0.2, 0) is 13.5 Å². The number of thioether (sulfide) groups is 1. The normalized spacial score (nSPS) is 10.4. The Labute approximate surface area is 75.2 Å². The van der Waals surface area contributed by atoms with Crippen molar-refractivity contribution >= 4 is 24.0 Å². The van der Waals surface area contributed by atoms with Crippen molar-refractivity contribution in [1.82, 2.24) is 14.8 Å². The van der Waals surface area contributed by atoms with E-state index < -0.39 is 0 Å². The van der Waals surface area contributed by atoms with Gasteiger partial charge in [0.25, 0.3) is 0 Å². The highest BCUT2D eigenvalue weighted by molar-refractivity contribution is 7.98. The van der Waals surface area contributed by atoms with Crippen LogP contribution in [0, 0.1) is 4.77 Å².